The molecule has 0 amide bonds. The van der Waals surface area contributed by atoms with Crippen molar-refractivity contribution in [1.29, 1.82) is 0 Å². The Morgan fingerprint density at radius 2 is 1.85 bits per heavy atom. The highest BCUT2D eigenvalue weighted by Gasteiger charge is 2.40. The van der Waals surface area contributed by atoms with E-state index in [2.05, 4.69) is 36.9 Å². The third kappa shape index (κ3) is 3.06. The van der Waals surface area contributed by atoms with E-state index >= 15 is 0 Å². The number of carbonyl (C=O) groups excluding carboxylic acids is 1. The fraction of sp³-hybridized carbons (Fsp3) is 0.238. The number of benzene rings is 2. The lowest BCUT2D eigenvalue weighted by Crippen LogP contribution is -2.46. The van der Waals surface area contributed by atoms with Gasteiger partial charge in [-0.2, -0.15) is 0 Å². The first kappa shape index (κ1) is 18.5. The molecule has 2 aromatic carbocycles. The normalized spacial score (nSPS) is 14.6. The molecule has 0 spiro atoms. The molecular formula is C21H18FNOS3. The van der Waals surface area contributed by atoms with Crippen LogP contribution in [0.4, 0.5) is 10.1 Å². The number of rotatable bonds is 3. The minimum atomic E-state index is -0.357. The second-order valence-corrected chi connectivity index (χ2v) is 10.1. The van der Waals surface area contributed by atoms with Crippen molar-refractivity contribution in [1.82, 2.24) is 0 Å². The van der Waals surface area contributed by atoms with Crippen LogP contribution >= 0.6 is 32.9 Å². The van der Waals surface area contributed by atoms with Gasteiger partial charge in [-0.05, 0) is 56.7 Å². The van der Waals surface area contributed by atoms with Crippen LogP contribution in [0.3, 0.4) is 0 Å². The van der Waals surface area contributed by atoms with Crippen LogP contribution in [0, 0.1) is 16.6 Å². The zero-order valence-electron chi connectivity index (χ0n) is 15.2. The van der Waals surface area contributed by atoms with Crippen LogP contribution in [0.5, 0.6) is 0 Å². The molecule has 0 N–H and O–H groups in total. The molecule has 1 aliphatic heterocycles. The molecule has 3 aromatic rings. The number of Topliss-reactive ketones (excluding diaryl/α,β-unsaturated/α-hetero) is 1. The maximum Gasteiger partial charge on any atom is 0.182 e. The quantitative estimate of drug-likeness (QED) is 0.273. The largest absolute Gasteiger partial charge is 0.353 e. The Labute approximate surface area is 170 Å². The number of nitrogens with zero attached hydrogens (tertiary/aromatic N) is 1. The molecule has 0 atom stereocenters. The standard InChI is InChI=1S/C21H18FNOS3/c1-12-4-9-15-16(10-12)23(11-17(24)13-5-7-14(22)8-6-13)21(2,3)19-18(15)20(25)27-26-19/h4-10H,11H2,1-3H3. The predicted molar refractivity (Wildman–Crippen MR) is 114 cm³/mol. The molecule has 138 valence electrons. The van der Waals surface area contributed by atoms with Crippen molar-refractivity contribution in [2.75, 3.05) is 11.4 Å². The SMILES string of the molecule is Cc1ccc2c(c1)N(CC(=O)c1ccc(F)cc1)C(C)(C)c1ssc(=S)c1-2. The summed E-state index contributed by atoms with van der Waals surface area (Å²) >= 11 is 5.61. The molecule has 0 bridgehead atoms. The average Bonchev–Trinajstić information content (AvgIpc) is 3.02. The average molecular weight is 416 g/mol. The minimum Gasteiger partial charge on any atom is -0.353 e. The van der Waals surface area contributed by atoms with Gasteiger partial charge in [0.15, 0.2) is 5.78 Å². The van der Waals surface area contributed by atoms with Gasteiger partial charge >= 0.3 is 0 Å². The van der Waals surface area contributed by atoms with Gasteiger partial charge < -0.3 is 4.90 Å². The molecule has 0 radical (unpaired) electrons. The van der Waals surface area contributed by atoms with Crippen LogP contribution in [-0.2, 0) is 5.54 Å². The smallest absolute Gasteiger partial charge is 0.182 e. The number of halogens is 1. The number of fused-ring (bicyclic) bond motifs is 3. The Kier molecular flexibility index (Phi) is 4.53. The summed E-state index contributed by atoms with van der Waals surface area (Å²) in [7, 11) is 3.30. The van der Waals surface area contributed by atoms with Crippen LogP contribution in [0.1, 0.15) is 34.6 Å². The Morgan fingerprint density at radius 3 is 2.56 bits per heavy atom. The fourth-order valence-electron chi connectivity index (χ4n) is 3.55. The molecule has 2 heterocycles. The van der Waals surface area contributed by atoms with Crippen LogP contribution < -0.4 is 4.90 Å². The molecule has 27 heavy (non-hydrogen) atoms. The molecule has 6 heteroatoms. The second kappa shape index (κ2) is 6.62. The summed E-state index contributed by atoms with van der Waals surface area (Å²) in [6.45, 7) is 6.54. The van der Waals surface area contributed by atoms with Crippen molar-refractivity contribution in [3.8, 4) is 11.1 Å². The second-order valence-electron chi connectivity index (χ2n) is 7.25. The van der Waals surface area contributed by atoms with E-state index in [0.29, 0.717) is 5.56 Å². The molecule has 1 aromatic heterocycles. The first-order valence-electron chi connectivity index (χ1n) is 8.60. The summed E-state index contributed by atoms with van der Waals surface area (Å²) in [4.78, 5) is 16.3. The summed E-state index contributed by atoms with van der Waals surface area (Å²) in [5.41, 5.74) is 4.54. The van der Waals surface area contributed by atoms with E-state index in [1.807, 2.05) is 6.92 Å². The first-order valence-corrected chi connectivity index (χ1v) is 11.2. The molecule has 2 nitrogen and oxygen atoms in total. The number of ketones is 1. The topological polar surface area (TPSA) is 20.3 Å². The third-order valence-electron chi connectivity index (χ3n) is 5.04. The van der Waals surface area contributed by atoms with Crippen molar-refractivity contribution < 1.29 is 9.18 Å². The predicted octanol–water partition coefficient (Wildman–Crippen LogP) is 6.59. The maximum absolute atomic E-state index is 13.2. The highest BCUT2D eigenvalue weighted by atomic mass is 32.9. The van der Waals surface area contributed by atoms with Crippen molar-refractivity contribution in [2.24, 2.45) is 0 Å². The van der Waals surface area contributed by atoms with Gasteiger partial charge in [0.2, 0.25) is 0 Å². The van der Waals surface area contributed by atoms with E-state index in [4.69, 9.17) is 12.2 Å². The summed E-state index contributed by atoms with van der Waals surface area (Å²) in [6, 6.07) is 12.1. The van der Waals surface area contributed by atoms with E-state index < -0.39 is 0 Å². The first-order chi connectivity index (χ1) is 12.8. The van der Waals surface area contributed by atoms with E-state index in [0.717, 1.165) is 26.2 Å². The highest BCUT2D eigenvalue weighted by molar-refractivity contribution is 7.80. The molecule has 1 aliphatic rings. The van der Waals surface area contributed by atoms with Crippen LogP contribution in [0.15, 0.2) is 42.5 Å². The van der Waals surface area contributed by atoms with E-state index in [1.165, 1.54) is 17.0 Å². The van der Waals surface area contributed by atoms with E-state index in [9.17, 15) is 9.18 Å². The summed E-state index contributed by atoms with van der Waals surface area (Å²) < 4.78 is 14.1. The molecule has 0 saturated carbocycles. The van der Waals surface area contributed by atoms with Gasteiger partial charge in [-0.1, -0.05) is 45.0 Å². The van der Waals surface area contributed by atoms with Crippen LogP contribution in [-0.4, -0.2) is 12.3 Å². The summed E-state index contributed by atoms with van der Waals surface area (Å²) in [5.74, 6) is -0.369. The molecule has 0 aliphatic carbocycles. The van der Waals surface area contributed by atoms with Gasteiger partial charge in [0.1, 0.15) is 9.64 Å². The lowest BCUT2D eigenvalue weighted by molar-refractivity contribution is 0.0993. The lowest BCUT2D eigenvalue weighted by atomic mass is 9.86. The molecule has 0 unspecified atom stereocenters. The summed E-state index contributed by atoms with van der Waals surface area (Å²) in [5, 5.41) is 0. The highest BCUT2D eigenvalue weighted by Crippen LogP contribution is 2.52. The summed E-state index contributed by atoms with van der Waals surface area (Å²) in [6.07, 6.45) is 0. The Hall–Kier alpha value is -1.89. The van der Waals surface area contributed by atoms with E-state index in [1.54, 1.807) is 32.8 Å². The number of anilines is 1. The van der Waals surface area contributed by atoms with Gasteiger partial charge in [-0.15, -0.1) is 0 Å². The van der Waals surface area contributed by atoms with Crippen molar-refractivity contribution >= 4 is 44.4 Å². The molecule has 4 rings (SSSR count). The molecular weight excluding hydrogens is 397 g/mol. The molecule has 0 saturated heterocycles. The Bertz CT molecular complexity index is 1100. The van der Waals surface area contributed by atoms with Gasteiger partial charge in [0.05, 0.1) is 17.0 Å². The fourth-order valence-corrected chi connectivity index (χ4v) is 6.85. The van der Waals surface area contributed by atoms with Crippen molar-refractivity contribution in [2.45, 2.75) is 26.3 Å². The Morgan fingerprint density at radius 1 is 1.15 bits per heavy atom. The van der Waals surface area contributed by atoms with Crippen LogP contribution in [0.2, 0.25) is 0 Å². The molecule has 0 fully saturated rings. The number of carbonyl (C=O) groups is 1. The van der Waals surface area contributed by atoms with Gasteiger partial charge in [-0.3, -0.25) is 4.79 Å². The van der Waals surface area contributed by atoms with E-state index in [-0.39, 0.29) is 23.7 Å². The third-order valence-corrected chi connectivity index (χ3v) is 8.37. The van der Waals surface area contributed by atoms with Gasteiger partial charge in [-0.25, -0.2) is 4.39 Å². The zero-order chi connectivity index (χ0) is 19.3. The van der Waals surface area contributed by atoms with Crippen molar-refractivity contribution in [3.63, 3.8) is 0 Å². The zero-order valence-corrected chi connectivity index (χ0v) is 17.7. The monoisotopic (exact) mass is 415 g/mol. The minimum absolute atomic E-state index is 0.0298. The van der Waals surface area contributed by atoms with Crippen molar-refractivity contribution in [3.05, 3.63) is 68.1 Å². The number of hydrogen-bond donors (Lipinski definition) is 0. The maximum atomic E-state index is 13.2. The number of aryl methyl sites for hydroxylation is 1. The van der Waals surface area contributed by atoms with Gasteiger partial charge in [0.25, 0.3) is 0 Å². The van der Waals surface area contributed by atoms with Crippen LogP contribution in [0.25, 0.3) is 11.1 Å². The number of hydrogen-bond acceptors (Lipinski definition) is 5. The van der Waals surface area contributed by atoms with Gasteiger partial charge in [0, 0.05) is 22.4 Å². The Balaban J connectivity index is 1.83. The lowest BCUT2D eigenvalue weighted by Gasteiger charge is -2.44.